The zero-order valence-corrected chi connectivity index (χ0v) is 9.99. The van der Waals surface area contributed by atoms with E-state index < -0.39 is 0 Å². The molecule has 4 heteroatoms. The van der Waals surface area contributed by atoms with Gasteiger partial charge in [0, 0.05) is 25.0 Å². The summed E-state index contributed by atoms with van der Waals surface area (Å²) >= 11 is 0. The standard InChI is InChI=1S/C11H23N3O/c1-8-6-14(5-4-10(8)13-3)7-9(2)11(12)15/h8-10,13H,4-7H2,1-3H3,(H2,12,15). The molecule has 3 atom stereocenters. The maximum absolute atomic E-state index is 11.0. The number of hydrogen-bond acceptors (Lipinski definition) is 3. The minimum atomic E-state index is -0.196. The molecule has 1 rings (SSSR count). The second-order valence-corrected chi connectivity index (χ2v) is 4.72. The van der Waals surface area contributed by atoms with E-state index >= 15 is 0 Å². The van der Waals surface area contributed by atoms with Crippen LogP contribution in [0.15, 0.2) is 0 Å². The van der Waals surface area contributed by atoms with E-state index in [1.807, 2.05) is 14.0 Å². The summed E-state index contributed by atoms with van der Waals surface area (Å²) in [4.78, 5) is 13.3. The third-order valence-corrected chi connectivity index (χ3v) is 3.38. The zero-order valence-electron chi connectivity index (χ0n) is 9.99. The first-order chi connectivity index (χ1) is 7.04. The van der Waals surface area contributed by atoms with Gasteiger partial charge in [0.1, 0.15) is 0 Å². The number of carbonyl (C=O) groups excluding carboxylic acids is 1. The number of piperidine rings is 1. The second-order valence-electron chi connectivity index (χ2n) is 4.72. The molecule has 0 bridgehead atoms. The molecule has 0 aliphatic carbocycles. The van der Waals surface area contributed by atoms with Crippen molar-refractivity contribution in [1.29, 1.82) is 0 Å². The number of primary amides is 1. The number of nitrogens with zero attached hydrogens (tertiary/aromatic N) is 1. The van der Waals surface area contributed by atoms with Crippen molar-refractivity contribution in [1.82, 2.24) is 10.2 Å². The number of likely N-dealkylation sites (tertiary alicyclic amines) is 1. The molecule has 88 valence electrons. The highest BCUT2D eigenvalue weighted by Gasteiger charge is 2.26. The van der Waals surface area contributed by atoms with Gasteiger partial charge in [-0.1, -0.05) is 13.8 Å². The molecule has 1 heterocycles. The van der Waals surface area contributed by atoms with Crippen LogP contribution in [-0.4, -0.2) is 43.5 Å². The molecule has 0 saturated carbocycles. The Morgan fingerprint density at radius 2 is 2.33 bits per heavy atom. The van der Waals surface area contributed by atoms with Crippen LogP contribution >= 0.6 is 0 Å². The number of amides is 1. The van der Waals surface area contributed by atoms with Crippen molar-refractivity contribution in [2.24, 2.45) is 17.6 Å². The van der Waals surface area contributed by atoms with E-state index in [9.17, 15) is 4.79 Å². The maximum Gasteiger partial charge on any atom is 0.221 e. The van der Waals surface area contributed by atoms with E-state index in [1.54, 1.807) is 0 Å². The lowest BCUT2D eigenvalue weighted by Gasteiger charge is -2.37. The van der Waals surface area contributed by atoms with Crippen LogP contribution in [0.1, 0.15) is 20.3 Å². The summed E-state index contributed by atoms with van der Waals surface area (Å²) in [6.07, 6.45) is 1.16. The van der Waals surface area contributed by atoms with Gasteiger partial charge in [0.05, 0.1) is 0 Å². The average molecular weight is 213 g/mol. The first-order valence-corrected chi connectivity index (χ1v) is 5.73. The molecule has 3 N–H and O–H groups in total. The van der Waals surface area contributed by atoms with E-state index in [0.29, 0.717) is 12.0 Å². The van der Waals surface area contributed by atoms with E-state index in [2.05, 4.69) is 17.1 Å². The zero-order chi connectivity index (χ0) is 11.4. The number of hydrogen-bond donors (Lipinski definition) is 2. The molecule has 0 spiro atoms. The van der Waals surface area contributed by atoms with Crippen molar-refractivity contribution in [3.8, 4) is 0 Å². The Morgan fingerprint density at radius 1 is 1.67 bits per heavy atom. The van der Waals surface area contributed by atoms with Crippen molar-refractivity contribution in [3.05, 3.63) is 0 Å². The van der Waals surface area contributed by atoms with Crippen molar-refractivity contribution >= 4 is 5.91 Å². The Balaban J connectivity index is 2.37. The maximum atomic E-state index is 11.0. The molecular weight excluding hydrogens is 190 g/mol. The van der Waals surface area contributed by atoms with Crippen LogP contribution in [-0.2, 0) is 4.79 Å². The Labute approximate surface area is 92.2 Å². The third-order valence-electron chi connectivity index (χ3n) is 3.38. The molecule has 0 aromatic rings. The summed E-state index contributed by atoms with van der Waals surface area (Å²) in [5.41, 5.74) is 5.26. The Bertz CT molecular complexity index is 220. The number of rotatable bonds is 4. The highest BCUT2D eigenvalue weighted by molar-refractivity contribution is 5.76. The lowest BCUT2D eigenvalue weighted by atomic mass is 9.93. The van der Waals surface area contributed by atoms with E-state index in [4.69, 9.17) is 5.73 Å². The molecule has 15 heavy (non-hydrogen) atoms. The lowest BCUT2D eigenvalue weighted by molar-refractivity contribution is -0.122. The Hall–Kier alpha value is -0.610. The molecule has 0 radical (unpaired) electrons. The van der Waals surface area contributed by atoms with Crippen molar-refractivity contribution in [2.75, 3.05) is 26.7 Å². The summed E-state index contributed by atoms with van der Waals surface area (Å²) < 4.78 is 0. The fraction of sp³-hybridized carbons (Fsp3) is 0.909. The smallest absolute Gasteiger partial charge is 0.221 e. The summed E-state index contributed by atoms with van der Waals surface area (Å²) in [5.74, 6) is 0.408. The fourth-order valence-electron chi connectivity index (χ4n) is 2.30. The second kappa shape index (κ2) is 5.47. The van der Waals surface area contributed by atoms with Crippen LogP contribution in [0.3, 0.4) is 0 Å². The van der Waals surface area contributed by atoms with Crippen LogP contribution in [0.2, 0.25) is 0 Å². The molecule has 0 aromatic carbocycles. The van der Waals surface area contributed by atoms with E-state index in [0.717, 1.165) is 26.1 Å². The van der Waals surface area contributed by atoms with Gasteiger partial charge < -0.3 is 16.0 Å². The highest BCUT2D eigenvalue weighted by atomic mass is 16.1. The topological polar surface area (TPSA) is 58.4 Å². The lowest BCUT2D eigenvalue weighted by Crippen LogP contribution is -2.49. The van der Waals surface area contributed by atoms with Gasteiger partial charge in [-0.15, -0.1) is 0 Å². The van der Waals surface area contributed by atoms with Crippen LogP contribution < -0.4 is 11.1 Å². The van der Waals surface area contributed by atoms with Gasteiger partial charge in [-0.25, -0.2) is 0 Å². The van der Waals surface area contributed by atoms with Gasteiger partial charge >= 0.3 is 0 Å². The van der Waals surface area contributed by atoms with Crippen molar-refractivity contribution in [2.45, 2.75) is 26.3 Å². The summed E-state index contributed by atoms with van der Waals surface area (Å²) in [6, 6.07) is 0.616. The quantitative estimate of drug-likeness (QED) is 0.693. The minimum Gasteiger partial charge on any atom is -0.369 e. The van der Waals surface area contributed by atoms with Crippen molar-refractivity contribution in [3.63, 3.8) is 0 Å². The number of nitrogens with two attached hydrogens (primary N) is 1. The Kier molecular flexibility index (Phi) is 4.54. The molecule has 3 unspecified atom stereocenters. The van der Waals surface area contributed by atoms with Gasteiger partial charge in [0.2, 0.25) is 5.91 Å². The van der Waals surface area contributed by atoms with Gasteiger partial charge in [0.25, 0.3) is 0 Å². The molecule has 1 fully saturated rings. The molecule has 0 aromatic heterocycles. The Morgan fingerprint density at radius 3 is 2.80 bits per heavy atom. The summed E-state index contributed by atoms with van der Waals surface area (Å²) in [5, 5.41) is 3.33. The normalized spacial score (nSPS) is 30.1. The van der Waals surface area contributed by atoms with Crippen LogP contribution in [0, 0.1) is 11.8 Å². The first kappa shape index (κ1) is 12.5. The SMILES string of the molecule is CNC1CCN(CC(C)C(N)=O)CC1C. The predicted octanol–water partition coefficient (Wildman–Crippen LogP) is 0.0376. The summed E-state index contributed by atoms with van der Waals surface area (Å²) in [7, 11) is 2.02. The fourth-order valence-corrected chi connectivity index (χ4v) is 2.30. The van der Waals surface area contributed by atoms with Gasteiger partial charge in [-0.3, -0.25) is 4.79 Å². The predicted molar refractivity (Wildman–Crippen MR) is 61.4 cm³/mol. The minimum absolute atomic E-state index is 0.0386. The summed E-state index contributed by atoms with van der Waals surface area (Å²) in [6.45, 7) is 7.08. The van der Waals surface area contributed by atoms with E-state index in [-0.39, 0.29) is 11.8 Å². The van der Waals surface area contributed by atoms with Gasteiger partial charge in [-0.2, -0.15) is 0 Å². The number of nitrogens with one attached hydrogen (secondary N) is 1. The average Bonchev–Trinajstić information content (AvgIpc) is 2.18. The van der Waals surface area contributed by atoms with Crippen LogP contribution in [0.5, 0.6) is 0 Å². The van der Waals surface area contributed by atoms with E-state index in [1.165, 1.54) is 0 Å². The molecule has 1 saturated heterocycles. The van der Waals surface area contributed by atoms with Crippen molar-refractivity contribution < 1.29 is 4.79 Å². The third kappa shape index (κ3) is 3.47. The molecule has 1 aliphatic heterocycles. The monoisotopic (exact) mass is 213 g/mol. The van der Waals surface area contributed by atoms with Gasteiger partial charge in [-0.05, 0) is 25.9 Å². The molecule has 4 nitrogen and oxygen atoms in total. The van der Waals surface area contributed by atoms with Crippen LogP contribution in [0.25, 0.3) is 0 Å². The number of carbonyl (C=O) groups is 1. The highest BCUT2D eigenvalue weighted by Crippen LogP contribution is 2.17. The first-order valence-electron chi connectivity index (χ1n) is 5.73. The van der Waals surface area contributed by atoms with Gasteiger partial charge in [0.15, 0.2) is 0 Å². The molecule has 1 aliphatic rings. The van der Waals surface area contributed by atoms with Crippen LogP contribution in [0.4, 0.5) is 0 Å². The molecule has 1 amide bonds. The molecular formula is C11H23N3O. The largest absolute Gasteiger partial charge is 0.369 e.